The standard InChI is InChI=1S/C29H48O5S/c1-7-29-24-12-11-21-17-22(34-35(31,32)33)13-15-27(21,5)23(24)14-16-28(29,6)25(18-26(29)30)20(4)10-8-9-19(2)3/h19-22,25H,7-18H2,1-6H3,(H,31,32,33)/t20-,21+,22-,25-,27+,28-,29-/m1/s1. The molecule has 0 amide bonds. The van der Waals surface area contributed by atoms with Crippen molar-refractivity contribution in [2.45, 2.75) is 125 Å². The smallest absolute Gasteiger partial charge is 0.299 e. The van der Waals surface area contributed by atoms with Crippen molar-refractivity contribution in [3.63, 3.8) is 0 Å². The van der Waals surface area contributed by atoms with Crippen molar-refractivity contribution in [1.29, 1.82) is 0 Å². The first-order valence-electron chi connectivity index (χ1n) is 14.2. The van der Waals surface area contributed by atoms with Gasteiger partial charge in [0, 0.05) is 6.42 Å². The summed E-state index contributed by atoms with van der Waals surface area (Å²) in [7, 11) is -4.43. The molecule has 6 heteroatoms. The second-order valence-electron chi connectivity index (χ2n) is 13.2. The molecule has 35 heavy (non-hydrogen) atoms. The van der Waals surface area contributed by atoms with E-state index in [1.165, 1.54) is 30.4 Å². The fraction of sp³-hybridized carbons (Fsp3) is 0.897. The maximum absolute atomic E-state index is 14.0. The fourth-order valence-electron chi connectivity index (χ4n) is 9.40. The van der Waals surface area contributed by atoms with Crippen molar-refractivity contribution in [3.8, 4) is 0 Å². The summed E-state index contributed by atoms with van der Waals surface area (Å²) < 4.78 is 36.8. The molecule has 4 aliphatic rings. The predicted molar refractivity (Wildman–Crippen MR) is 139 cm³/mol. The minimum Gasteiger partial charge on any atom is -0.299 e. The van der Waals surface area contributed by atoms with Crippen LogP contribution in [0.15, 0.2) is 11.1 Å². The van der Waals surface area contributed by atoms with E-state index < -0.39 is 16.5 Å². The molecule has 1 N–H and O–H groups in total. The largest absolute Gasteiger partial charge is 0.397 e. The monoisotopic (exact) mass is 508 g/mol. The molecule has 0 bridgehead atoms. The summed E-state index contributed by atoms with van der Waals surface area (Å²) in [4.78, 5) is 14.0. The van der Waals surface area contributed by atoms with Gasteiger partial charge in [0.2, 0.25) is 0 Å². The van der Waals surface area contributed by atoms with Crippen LogP contribution in [0.2, 0.25) is 0 Å². The molecule has 0 spiro atoms. The number of ketones is 1. The molecule has 0 saturated heterocycles. The lowest BCUT2D eigenvalue weighted by Crippen LogP contribution is -2.52. The number of carbonyl (C=O) groups is 1. The molecule has 0 aromatic heterocycles. The van der Waals surface area contributed by atoms with Gasteiger partial charge in [-0.25, -0.2) is 4.18 Å². The zero-order valence-corrected chi connectivity index (χ0v) is 23.7. The average Bonchev–Trinajstić information content (AvgIpc) is 3.00. The highest BCUT2D eigenvalue weighted by Gasteiger charge is 2.66. The van der Waals surface area contributed by atoms with E-state index in [0.29, 0.717) is 36.4 Å². The topological polar surface area (TPSA) is 80.7 Å². The maximum atomic E-state index is 14.0. The molecule has 0 aromatic rings. The second kappa shape index (κ2) is 9.54. The van der Waals surface area contributed by atoms with Gasteiger partial charge in [0.1, 0.15) is 5.78 Å². The molecular weight excluding hydrogens is 460 g/mol. The molecule has 2 fully saturated rings. The van der Waals surface area contributed by atoms with Crippen molar-refractivity contribution in [2.24, 2.45) is 39.9 Å². The van der Waals surface area contributed by atoms with E-state index in [4.69, 9.17) is 4.18 Å². The lowest BCUT2D eigenvalue weighted by Gasteiger charge is -2.59. The van der Waals surface area contributed by atoms with Gasteiger partial charge in [-0.1, -0.05) is 72.0 Å². The van der Waals surface area contributed by atoms with Crippen LogP contribution in [0.3, 0.4) is 0 Å². The van der Waals surface area contributed by atoms with Crippen molar-refractivity contribution < 1.29 is 21.9 Å². The third-order valence-corrected chi connectivity index (χ3v) is 11.7. The Morgan fingerprint density at radius 3 is 2.40 bits per heavy atom. The normalized spacial score (nSPS) is 40.5. The summed E-state index contributed by atoms with van der Waals surface area (Å²) in [5, 5.41) is 0. The van der Waals surface area contributed by atoms with Crippen LogP contribution < -0.4 is 0 Å². The quantitative estimate of drug-likeness (QED) is 0.274. The van der Waals surface area contributed by atoms with Crippen molar-refractivity contribution >= 4 is 16.2 Å². The molecule has 4 aliphatic carbocycles. The summed E-state index contributed by atoms with van der Waals surface area (Å²) in [5.74, 6) is 2.58. The number of hydrogen-bond donors (Lipinski definition) is 1. The van der Waals surface area contributed by atoms with Crippen LogP contribution in [-0.2, 0) is 19.4 Å². The third-order valence-electron chi connectivity index (χ3n) is 11.2. The van der Waals surface area contributed by atoms with Crippen molar-refractivity contribution in [1.82, 2.24) is 0 Å². The summed E-state index contributed by atoms with van der Waals surface area (Å²) >= 11 is 0. The molecular formula is C29H48O5S. The second-order valence-corrected chi connectivity index (χ2v) is 14.3. The van der Waals surface area contributed by atoms with E-state index in [0.717, 1.165) is 50.9 Å². The van der Waals surface area contributed by atoms with Gasteiger partial charge in [0.25, 0.3) is 0 Å². The first-order chi connectivity index (χ1) is 16.3. The Labute approximate surface area is 213 Å². The summed E-state index contributed by atoms with van der Waals surface area (Å²) in [6.07, 6.45) is 11.1. The number of fused-ring (bicyclic) bond motifs is 4. The average molecular weight is 509 g/mol. The summed E-state index contributed by atoms with van der Waals surface area (Å²) in [5.41, 5.74) is 2.68. The first-order valence-corrected chi connectivity index (χ1v) is 15.6. The number of Topliss-reactive ketones (excluding diaryl/α,β-unsaturated/α-hetero) is 1. The van der Waals surface area contributed by atoms with Gasteiger partial charge < -0.3 is 0 Å². The van der Waals surface area contributed by atoms with Gasteiger partial charge >= 0.3 is 10.4 Å². The van der Waals surface area contributed by atoms with E-state index in [9.17, 15) is 17.8 Å². The minimum absolute atomic E-state index is 0.00257. The fourth-order valence-corrected chi connectivity index (χ4v) is 9.92. The number of rotatable bonds is 8. The Kier molecular flexibility index (Phi) is 7.45. The molecule has 5 nitrogen and oxygen atoms in total. The first kappa shape index (κ1) is 27.3. The zero-order valence-electron chi connectivity index (χ0n) is 22.9. The van der Waals surface area contributed by atoms with Gasteiger partial charge in [0.15, 0.2) is 0 Å². The van der Waals surface area contributed by atoms with Gasteiger partial charge in [-0.05, 0) is 85.9 Å². The molecule has 0 radical (unpaired) electrons. The summed E-state index contributed by atoms with van der Waals surface area (Å²) in [6, 6.07) is 0. The zero-order chi connectivity index (χ0) is 25.8. The van der Waals surface area contributed by atoms with Crippen LogP contribution >= 0.6 is 0 Å². The highest BCUT2D eigenvalue weighted by atomic mass is 32.3. The molecule has 0 heterocycles. The van der Waals surface area contributed by atoms with Crippen molar-refractivity contribution in [2.75, 3.05) is 0 Å². The van der Waals surface area contributed by atoms with Crippen LogP contribution in [0, 0.1) is 39.9 Å². The third kappa shape index (κ3) is 4.48. The lowest BCUT2D eigenvalue weighted by atomic mass is 9.45. The Hall–Kier alpha value is -0.720. The van der Waals surface area contributed by atoms with Crippen LogP contribution in [-0.4, -0.2) is 24.9 Å². The highest BCUT2D eigenvalue weighted by Crippen LogP contribution is 2.71. The Balaban J connectivity index is 1.64. The lowest BCUT2D eigenvalue weighted by molar-refractivity contribution is -0.129. The Bertz CT molecular complexity index is 968. The molecule has 7 atom stereocenters. The van der Waals surface area contributed by atoms with E-state index in [2.05, 4.69) is 41.5 Å². The SMILES string of the molecule is CC[C@@]12C(=O)C[C@H]([C@H](C)CCCC(C)C)[C@@]1(C)CCC1=C2CC[C@H]2C[C@H](OS(=O)(=O)O)CC[C@]12C. The van der Waals surface area contributed by atoms with Gasteiger partial charge in [-0.15, -0.1) is 0 Å². The molecule has 200 valence electrons. The molecule has 2 saturated carbocycles. The number of carbonyl (C=O) groups excluding carboxylic acids is 1. The van der Waals surface area contributed by atoms with E-state index in [1.807, 2.05) is 0 Å². The molecule has 0 unspecified atom stereocenters. The summed E-state index contributed by atoms with van der Waals surface area (Å²) in [6.45, 7) is 14.0. The number of allylic oxidation sites excluding steroid dienone is 2. The van der Waals surface area contributed by atoms with Crippen LogP contribution in [0.4, 0.5) is 0 Å². The van der Waals surface area contributed by atoms with Gasteiger partial charge in [0.05, 0.1) is 11.5 Å². The van der Waals surface area contributed by atoms with E-state index in [-0.39, 0.29) is 16.2 Å². The van der Waals surface area contributed by atoms with Crippen LogP contribution in [0.1, 0.15) is 119 Å². The molecule has 0 aromatic carbocycles. The Morgan fingerprint density at radius 2 is 1.77 bits per heavy atom. The van der Waals surface area contributed by atoms with Crippen LogP contribution in [0.25, 0.3) is 0 Å². The molecule has 4 rings (SSSR count). The van der Waals surface area contributed by atoms with E-state index in [1.54, 1.807) is 0 Å². The van der Waals surface area contributed by atoms with Crippen molar-refractivity contribution in [3.05, 3.63) is 11.1 Å². The Morgan fingerprint density at radius 1 is 1.06 bits per heavy atom. The minimum atomic E-state index is -4.43. The van der Waals surface area contributed by atoms with Gasteiger partial charge in [-0.3, -0.25) is 9.35 Å². The highest BCUT2D eigenvalue weighted by molar-refractivity contribution is 7.80. The maximum Gasteiger partial charge on any atom is 0.397 e. The molecule has 0 aliphatic heterocycles. The van der Waals surface area contributed by atoms with E-state index >= 15 is 0 Å². The van der Waals surface area contributed by atoms with Gasteiger partial charge in [-0.2, -0.15) is 8.42 Å². The number of hydrogen-bond acceptors (Lipinski definition) is 4. The predicted octanol–water partition coefficient (Wildman–Crippen LogP) is 7.32. The van der Waals surface area contributed by atoms with Crippen LogP contribution in [0.5, 0.6) is 0 Å².